The number of aryl methyl sites for hydroxylation is 1. The molecule has 5 nitrogen and oxygen atoms in total. The monoisotopic (exact) mass is 359 g/mol. The van der Waals surface area contributed by atoms with Crippen molar-refractivity contribution in [2.24, 2.45) is 0 Å². The van der Waals surface area contributed by atoms with Crippen molar-refractivity contribution in [3.8, 4) is 0 Å². The zero-order valence-electron chi connectivity index (χ0n) is 15.2. The van der Waals surface area contributed by atoms with E-state index in [1.54, 1.807) is 0 Å². The first-order valence-corrected chi connectivity index (χ1v) is 9.38. The summed E-state index contributed by atoms with van der Waals surface area (Å²) in [5.74, 6) is 0.00101. The van der Waals surface area contributed by atoms with E-state index in [4.69, 9.17) is 0 Å². The molecule has 0 spiro atoms. The fourth-order valence-corrected chi connectivity index (χ4v) is 4.38. The van der Waals surface area contributed by atoms with Gasteiger partial charge in [-0.25, -0.2) is 0 Å². The zero-order chi connectivity index (χ0) is 18.5. The highest BCUT2D eigenvalue weighted by atomic mass is 16.2. The summed E-state index contributed by atoms with van der Waals surface area (Å²) in [6.45, 7) is 3.44. The van der Waals surface area contributed by atoms with Crippen LogP contribution in [0.2, 0.25) is 0 Å². The molecule has 0 bridgehead atoms. The number of carbonyl (C=O) groups excluding carboxylic acids is 2. The van der Waals surface area contributed by atoms with E-state index in [0.717, 1.165) is 12.0 Å². The molecular weight excluding hydrogens is 338 g/mol. The first-order valence-electron chi connectivity index (χ1n) is 9.38. The molecule has 2 N–H and O–H groups in total. The Balaban J connectivity index is 1.38. The van der Waals surface area contributed by atoms with Crippen LogP contribution in [0.3, 0.4) is 0 Å². The largest absolute Gasteiger partial charge is 0.358 e. The van der Waals surface area contributed by atoms with Gasteiger partial charge in [-0.1, -0.05) is 36.4 Å². The predicted octanol–water partition coefficient (Wildman–Crippen LogP) is 3.24. The smallest absolute Gasteiger partial charge is 0.252 e. The second-order valence-corrected chi connectivity index (χ2v) is 7.46. The SMILES string of the molecule is Cc1cccc2c3c([nH]c12)CCN(C(=O)CC1NC(=O)c2ccccc21)C3. The molecule has 1 atom stereocenters. The first-order chi connectivity index (χ1) is 13.1. The number of carbonyl (C=O) groups is 2. The van der Waals surface area contributed by atoms with Gasteiger partial charge in [-0.3, -0.25) is 9.59 Å². The lowest BCUT2D eigenvalue weighted by atomic mass is 10.00. The molecule has 2 aliphatic rings. The van der Waals surface area contributed by atoms with Crippen LogP contribution in [0.5, 0.6) is 0 Å². The molecule has 0 saturated carbocycles. The Labute approximate surface area is 157 Å². The number of hydrogen-bond acceptors (Lipinski definition) is 2. The van der Waals surface area contributed by atoms with E-state index in [9.17, 15) is 9.59 Å². The normalized spacial score (nSPS) is 18.3. The Hall–Kier alpha value is -3.08. The standard InChI is InChI=1S/C22H21N3O2/c1-13-5-4-8-15-17-12-25(10-9-18(17)23-21(13)15)20(26)11-19-14-6-2-3-7-16(14)22(27)24-19/h2-8,19,23H,9-12H2,1H3,(H,24,27). The molecule has 0 radical (unpaired) electrons. The van der Waals surface area contributed by atoms with Crippen molar-refractivity contribution in [2.75, 3.05) is 6.54 Å². The zero-order valence-corrected chi connectivity index (χ0v) is 15.2. The average molecular weight is 359 g/mol. The van der Waals surface area contributed by atoms with Crippen LogP contribution in [0.4, 0.5) is 0 Å². The fourth-order valence-electron chi connectivity index (χ4n) is 4.38. The van der Waals surface area contributed by atoms with E-state index in [0.29, 0.717) is 25.1 Å². The number of H-pyrrole nitrogens is 1. The molecule has 0 aliphatic carbocycles. The summed E-state index contributed by atoms with van der Waals surface area (Å²) in [7, 11) is 0. The van der Waals surface area contributed by atoms with Crippen LogP contribution in [0, 0.1) is 6.92 Å². The Morgan fingerprint density at radius 3 is 2.93 bits per heavy atom. The summed E-state index contributed by atoms with van der Waals surface area (Å²) in [6.07, 6.45) is 1.14. The Kier molecular flexibility index (Phi) is 3.57. The molecule has 0 fully saturated rings. The number of rotatable bonds is 2. The van der Waals surface area contributed by atoms with Gasteiger partial charge in [0.05, 0.1) is 12.5 Å². The van der Waals surface area contributed by atoms with Gasteiger partial charge in [0.15, 0.2) is 0 Å². The summed E-state index contributed by atoms with van der Waals surface area (Å²) < 4.78 is 0. The van der Waals surface area contributed by atoms with Crippen LogP contribution >= 0.6 is 0 Å². The highest BCUT2D eigenvalue weighted by Gasteiger charge is 2.32. The van der Waals surface area contributed by atoms with E-state index in [-0.39, 0.29) is 17.9 Å². The van der Waals surface area contributed by atoms with Crippen molar-refractivity contribution in [1.82, 2.24) is 15.2 Å². The highest BCUT2D eigenvalue weighted by molar-refractivity contribution is 5.99. The molecule has 1 unspecified atom stereocenters. The number of hydrogen-bond donors (Lipinski definition) is 2. The van der Waals surface area contributed by atoms with Crippen molar-refractivity contribution < 1.29 is 9.59 Å². The minimum absolute atomic E-state index is 0.0866. The van der Waals surface area contributed by atoms with Gasteiger partial charge in [0, 0.05) is 47.2 Å². The van der Waals surface area contributed by atoms with Gasteiger partial charge in [-0.2, -0.15) is 0 Å². The van der Waals surface area contributed by atoms with Crippen molar-refractivity contribution in [2.45, 2.75) is 32.4 Å². The van der Waals surface area contributed by atoms with Crippen molar-refractivity contribution >= 4 is 22.7 Å². The third kappa shape index (κ3) is 2.53. The summed E-state index contributed by atoms with van der Waals surface area (Å²) in [5.41, 5.74) is 6.48. The number of nitrogens with one attached hydrogen (secondary N) is 2. The lowest BCUT2D eigenvalue weighted by molar-refractivity contribution is -0.132. The molecule has 3 aromatic rings. The third-order valence-electron chi connectivity index (χ3n) is 5.84. The molecule has 2 aromatic carbocycles. The number of fused-ring (bicyclic) bond motifs is 4. The first kappa shape index (κ1) is 16.1. The van der Waals surface area contributed by atoms with Crippen LogP contribution in [0.15, 0.2) is 42.5 Å². The van der Waals surface area contributed by atoms with Gasteiger partial charge in [0.1, 0.15) is 0 Å². The molecule has 3 heterocycles. The van der Waals surface area contributed by atoms with Crippen LogP contribution in [0.1, 0.15) is 45.2 Å². The summed E-state index contributed by atoms with van der Waals surface area (Å²) in [6, 6.07) is 13.6. The number of nitrogens with zero attached hydrogens (tertiary/aromatic N) is 1. The van der Waals surface area contributed by atoms with Gasteiger partial charge in [-0.15, -0.1) is 0 Å². The van der Waals surface area contributed by atoms with Crippen LogP contribution < -0.4 is 5.32 Å². The molecule has 27 heavy (non-hydrogen) atoms. The number of benzene rings is 2. The van der Waals surface area contributed by atoms with Gasteiger partial charge in [-0.05, 0) is 24.1 Å². The molecule has 2 aliphatic heterocycles. The molecular formula is C22H21N3O2. The lowest BCUT2D eigenvalue weighted by Gasteiger charge is -2.28. The minimum atomic E-state index is -0.229. The van der Waals surface area contributed by atoms with Crippen LogP contribution in [-0.2, 0) is 17.8 Å². The molecule has 5 heteroatoms. The number of aromatic amines is 1. The Morgan fingerprint density at radius 1 is 1.19 bits per heavy atom. The summed E-state index contributed by atoms with van der Waals surface area (Å²) in [5, 5.41) is 4.16. The highest BCUT2D eigenvalue weighted by Crippen LogP contribution is 2.32. The van der Waals surface area contributed by atoms with Gasteiger partial charge < -0.3 is 15.2 Å². The van der Waals surface area contributed by atoms with E-state index < -0.39 is 0 Å². The van der Waals surface area contributed by atoms with Gasteiger partial charge in [0.2, 0.25) is 5.91 Å². The molecule has 2 amide bonds. The fraction of sp³-hybridized carbons (Fsp3) is 0.273. The van der Waals surface area contributed by atoms with E-state index in [1.807, 2.05) is 29.2 Å². The second kappa shape index (κ2) is 5.98. The number of para-hydroxylation sites is 1. The number of amides is 2. The van der Waals surface area contributed by atoms with Crippen molar-refractivity contribution in [3.63, 3.8) is 0 Å². The quantitative estimate of drug-likeness (QED) is 0.738. The Morgan fingerprint density at radius 2 is 2.04 bits per heavy atom. The third-order valence-corrected chi connectivity index (χ3v) is 5.84. The lowest BCUT2D eigenvalue weighted by Crippen LogP contribution is -2.37. The molecule has 1 aromatic heterocycles. The maximum absolute atomic E-state index is 13.0. The van der Waals surface area contributed by atoms with Gasteiger partial charge >= 0.3 is 0 Å². The maximum atomic E-state index is 13.0. The summed E-state index contributed by atoms with van der Waals surface area (Å²) >= 11 is 0. The van der Waals surface area contributed by atoms with Crippen LogP contribution in [0.25, 0.3) is 10.9 Å². The molecule has 0 saturated heterocycles. The molecule has 5 rings (SSSR count). The summed E-state index contributed by atoms with van der Waals surface area (Å²) in [4.78, 5) is 30.5. The maximum Gasteiger partial charge on any atom is 0.252 e. The topological polar surface area (TPSA) is 65.2 Å². The second-order valence-electron chi connectivity index (χ2n) is 7.46. The van der Waals surface area contributed by atoms with E-state index in [1.165, 1.54) is 27.7 Å². The predicted molar refractivity (Wildman–Crippen MR) is 103 cm³/mol. The van der Waals surface area contributed by atoms with Crippen LogP contribution in [-0.4, -0.2) is 28.2 Å². The van der Waals surface area contributed by atoms with Crippen molar-refractivity contribution in [1.29, 1.82) is 0 Å². The minimum Gasteiger partial charge on any atom is -0.358 e. The molecule has 136 valence electrons. The number of aromatic nitrogens is 1. The Bertz CT molecular complexity index is 1080. The van der Waals surface area contributed by atoms with Crippen molar-refractivity contribution in [3.05, 3.63) is 70.4 Å². The van der Waals surface area contributed by atoms with Gasteiger partial charge in [0.25, 0.3) is 5.91 Å². The average Bonchev–Trinajstić information content (AvgIpc) is 3.21. The van der Waals surface area contributed by atoms with E-state index in [2.05, 4.69) is 35.4 Å². The van der Waals surface area contributed by atoms with E-state index >= 15 is 0 Å².